The number of benzene rings is 2. The minimum Gasteiger partial charge on any atom is -0.495 e. The summed E-state index contributed by atoms with van der Waals surface area (Å²) in [6.45, 7) is 0.609. The molecule has 1 atom stereocenters. The van der Waals surface area contributed by atoms with E-state index in [1.54, 1.807) is 7.11 Å². The molecule has 3 rings (SSSR count). The molecule has 2 aromatic carbocycles. The lowest BCUT2D eigenvalue weighted by Gasteiger charge is -2.18. The van der Waals surface area contributed by atoms with Crippen molar-refractivity contribution in [2.24, 2.45) is 5.73 Å². The van der Waals surface area contributed by atoms with Crippen LogP contribution in [0.25, 0.3) is 11.1 Å². The molecule has 3 N–H and O–H groups in total. The van der Waals surface area contributed by atoms with Crippen LogP contribution in [0.1, 0.15) is 23.5 Å². The summed E-state index contributed by atoms with van der Waals surface area (Å²) in [4.78, 5) is 0. The highest BCUT2D eigenvalue weighted by Gasteiger charge is 2.15. The summed E-state index contributed by atoms with van der Waals surface area (Å²) in [5.74, 6) is 0.888. The molecule has 0 saturated carbocycles. The lowest BCUT2D eigenvalue weighted by molar-refractivity contribution is 0.415. The van der Waals surface area contributed by atoms with Gasteiger partial charge >= 0.3 is 0 Å². The summed E-state index contributed by atoms with van der Waals surface area (Å²) < 4.78 is 5.24. The number of hydrogen-bond acceptors (Lipinski definition) is 3. The SMILES string of the molecule is COc1ccc(C(CCN)c2ccc(-c3cn[nH]c3)cc2)cc1Cl. The molecule has 0 amide bonds. The molecular weight excluding hydrogens is 322 g/mol. The third-order valence-electron chi connectivity index (χ3n) is 4.18. The zero-order valence-corrected chi connectivity index (χ0v) is 14.3. The van der Waals surface area contributed by atoms with Gasteiger partial charge in [-0.15, -0.1) is 0 Å². The van der Waals surface area contributed by atoms with Gasteiger partial charge in [-0.2, -0.15) is 5.10 Å². The third-order valence-corrected chi connectivity index (χ3v) is 4.47. The first-order valence-corrected chi connectivity index (χ1v) is 8.23. The molecule has 1 aromatic heterocycles. The van der Waals surface area contributed by atoms with Crippen LogP contribution in [0.4, 0.5) is 0 Å². The van der Waals surface area contributed by atoms with E-state index in [1.807, 2.05) is 24.5 Å². The van der Waals surface area contributed by atoms with Crippen molar-refractivity contribution in [1.82, 2.24) is 10.2 Å². The lowest BCUT2D eigenvalue weighted by Crippen LogP contribution is -2.09. The predicted molar refractivity (Wildman–Crippen MR) is 97.5 cm³/mol. The molecule has 3 aromatic rings. The number of nitrogens with two attached hydrogens (primary N) is 1. The van der Waals surface area contributed by atoms with E-state index in [-0.39, 0.29) is 5.92 Å². The first kappa shape index (κ1) is 16.6. The van der Waals surface area contributed by atoms with Gasteiger partial charge in [-0.05, 0) is 41.8 Å². The van der Waals surface area contributed by atoms with E-state index in [4.69, 9.17) is 22.1 Å². The van der Waals surface area contributed by atoms with Crippen LogP contribution in [0, 0.1) is 0 Å². The van der Waals surface area contributed by atoms with E-state index < -0.39 is 0 Å². The normalized spacial score (nSPS) is 12.1. The summed E-state index contributed by atoms with van der Waals surface area (Å²) in [5.41, 5.74) is 10.4. The summed E-state index contributed by atoms with van der Waals surface area (Å²) in [6, 6.07) is 14.4. The highest BCUT2D eigenvalue weighted by molar-refractivity contribution is 6.32. The van der Waals surface area contributed by atoms with Crippen LogP contribution in [0.2, 0.25) is 5.02 Å². The number of H-pyrrole nitrogens is 1. The van der Waals surface area contributed by atoms with Crippen molar-refractivity contribution in [2.45, 2.75) is 12.3 Å². The Morgan fingerprint density at radius 1 is 1.12 bits per heavy atom. The second-order valence-corrected chi connectivity index (χ2v) is 6.04. The average molecular weight is 342 g/mol. The Labute approximate surface area is 146 Å². The molecule has 0 fully saturated rings. The molecule has 0 bridgehead atoms. The molecule has 0 aliphatic rings. The number of hydrogen-bond donors (Lipinski definition) is 2. The molecule has 0 aliphatic carbocycles. The van der Waals surface area contributed by atoms with Gasteiger partial charge in [0, 0.05) is 17.7 Å². The second kappa shape index (κ2) is 7.51. The molecule has 0 saturated heterocycles. The van der Waals surface area contributed by atoms with Crippen molar-refractivity contribution >= 4 is 11.6 Å². The Balaban J connectivity index is 1.92. The van der Waals surface area contributed by atoms with Crippen molar-refractivity contribution in [3.63, 3.8) is 0 Å². The minimum atomic E-state index is 0.205. The Morgan fingerprint density at radius 2 is 1.88 bits per heavy atom. The van der Waals surface area contributed by atoms with Crippen LogP contribution in [0.3, 0.4) is 0 Å². The smallest absolute Gasteiger partial charge is 0.137 e. The molecule has 0 spiro atoms. The van der Waals surface area contributed by atoms with Gasteiger partial charge in [0.15, 0.2) is 0 Å². The zero-order chi connectivity index (χ0) is 16.9. The van der Waals surface area contributed by atoms with Crippen LogP contribution in [0.5, 0.6) is 5.75 Å². The fourth-order valence-corrected chi connectivity index (χ4v) is 3.17. The summed E-state index contributed by atoms with van der Waals surface area (Å²) >= 11 is 6.29. The number of halogens is 1. The van der Waals surface area contributed by atoms with Crippen LogP contribution >= 0.6 is 11.6 Å². The zero-order valence-electron chi connectivity index (χ0n) is 13.5. The Bertz CT molecular complexity index is 785. The number of nitrogens with zero attached hydrogens (tertiary/aromatic N) is 1. The van der Waals surface area contributed by atoms with Gasteiger partial charge in [0.2, 0.25) is 0 Å². The van der Waals surface area contributed by atoms with Gasteiger partial charge in [0.05, 0.1) is 18.3 Å². The van der Waals surface area contributed by atoms with E-state index in [2.05, 4.69) is 40.5 Å². The molecule has 24 heavy (non-hydrogen) atoms. The summed E-state index contributed by atoms with van der Waals surface area (Å²) in [5, 5.41) is 7.44. The number of ether oxygens (including phenoxy) is 1. The van der Waals surface area contributed by atoms with Crippen molar-refractivity contribution in [3.05, 3.63) is 71.0 Å². The molecule has 1 unspecified atom stereocenters. The minimum absolute atomic E-state index is 0.205. The highest BCUT2D eigenvalue weighted by atomic mass is 35.5. The highest BCUT2D eigenvalue weighted by Crippen LogP contribution is 2.34. The number of aromatic amines is 1. The number of aromatic nitrogens is 2. The maximum atomic E-state index is 6.29. The van der Waals surface area contributed by atoms with E-state index in [9.17, 15) is 0 Å². The van der Waals surface area contributed by atoms with E-state index >= 15 is 0 Å². The lowest BCUT2D eigenvalue weighted by atomic mass is 9.88. The fraction of sp³-hybridized carbons (Fsp3) is 0.211. The Morgan fingerprint density at radius 3 is 2.46 bits per heavy atom. The van der Waals surface area contributed by atoms with E-state index in [0.29, 0.717) is 17.3 Å². The average Bonchev–Trinajstić information content (AvgIpc) is 3.14. The van der Waals surface area contributed by atoms with Gasteiger partial charge in [-0.25, -0.2) is 0 Å². The second-order valence-electron chi connectivity index (χ2n) is 5.63. The molecule has 1 heterocycles. The molecular formula is C19H20ClN3O. The van der Waals surface area contributed by atoms with Crippen molar-refractivity contribution < 1.29 is 4.74 Å². The largest absolute Gasteiger partial charge is 0.495 e. The van der Waals surface area contributed by atoms with Crippen LogP contribution in [0.15, 0.2) is 54.9 Å². The summed E-state index contributed by atoms with van der Waals surface area (Å²) in [7, 11) is 1.62. The number of methoxy groups -OCH3 is 1. The molecule has 4 nitrogen and oxygen atoms in total. The quantitative estimate of drug-likeness (QED) is 0.705. The Hall–Kier alpha value is -2.30. The van der Waals surface area contributed by atoms with Gasteiger partial charge in [-0.3, -0.25) is 5.10 Å². The van der Waals surface area contributed by atoms with E-state index in [0.717, 1.165) is 23.1 Å². The molecule has 0 radical (unpaired) electrons. The maximum absolute atomic E-state index is 6.29. The van der Waals surface area contributed by atoms with Crippen molar-refractivity contribution in [3.8, 4) is 16.9 Å². The molecule has 5 heteroatoms. The van der Waals surface area contributed by atoms with Gasteiger partial charge in [-0.1, -0.05) is 41.9 Å². The van der Waals surface area contributed by atoms with Gasteiger partial charge in [0.25, 0.3) is 0 Å². The third kappa shape index (κ3) is 3.45. The monoisotopic (exact) mass is 341 g/mol. The van der Waals surface area contributed by atoms with Crippen molar-refractivity contribution in [2.75, 3.05) is 13.7 Å². The molecule has 124 valence electrons. The van der Waals surface area contributed by atoms with E-state index in [1.165, 1.54) is 5.56 Å². The van der Waals surface area contributed by atoms with Crippen molar-refractivity contribution in [1.29, 1.82) is 0 Å². The molecule has 0 aliphatic heterocycles. The van der Waals surface area contributed by atoms with Gasteiger partial charge in [0.1, 0.15) is 5.75 Å². The standard InChI is InChI=1S/C19H20ClN3O/c1-24-19-7-6-15(10-18(19)20)17(8-9-21)14-4-2-13(3-5-14)16-11-22-23-12-16/h2-7,10-12,17H,8-9,21H2,1H3,(H,22,23). The number of rotatable bonds is 6. The first-order valence-electron chi connectivity index (χ1n) is 7.85. The van der Waals surface area contributed by atoms with Crippen LogP contribution < -0.4 is 10.5 Å². The topological polar surface area (TPSA) is 63.9 Å². The maximum Gasteiger partial charge on any atom is 0.137 e. The first-order chi connectivity index (χ1) is 11.7. The predicted octanol–water partition coefficient (Wildman–Crippen LogP) is 4.22. The number of nitrogens with one attached hydrogen (secondary N) is 1. The summed E-state index contributed by atoms with van der Waals surface area (Å²) in [6.07, 6.45) is 4.55. The Kier molecular flexibility index (Phi) is 5.18. The van der Waals surface area contributed by atoms with Crippen LogP contribution in [-0.2, 0) is 0 Å². The van der Waals surface area contributed by atoms with Crippen LogP contribution in [-0.4, -0.2) is 23.9 Å². The fourth-order valence-electron chi connectivity index (χ4n) is 2.91. The van der Waals surface area contributed by atoms with Gasteiger partial charge < -0.3 is 10.5 Å².